The number of nitrogens with one attached hydrogen (secondary N) is 1. The van der Waals surface area contributed by atoms with Gasteiger partial charge in [-0.05, 0) is 26.3 Å². The average Bonchev–Trinajstić information content (AvgIpc) is 2.86. The van der Waals surface area contributed by atoms with Crippen LogP contribution in [0.25, 0.3) is 0 Å². The molecule has 3 aliphatic heterocycles. The van der Waals surface area contributed by atoms with Crippen LogP contribution >= 0.6 is 0 Å². The summed E-state index contributed by atoms with van der Waals surface area (Å²) < 4.78 is 5.43. The first kappa shape index (κ1) is 13.3. The fourth-order valence-corrected chi connectivity index (χ4v) is 3.61. The lowest BCUT2D eigenvalue weighted by molar-refractivity contribution is -0.138. The second-order valence-electron chi connectivity index (χ2n) is 6.12. The zero-order valence-electron chi connectivity index (χ0n) is 11.8. The molecular weight excluding hydrogens is 242 g/mol. The second-order valence-corrected chi connectivity index (χ2v) is 6.12. The van der Waals surface area contributed by atoms with Crippen LogP contribution in [0.1, 0.15) is 26.2 Å². The van der Waals surface area contributed by atoms with E-state index in [1.54, 1.807) is 0 Å². The van der Waals surface area contributed by atoms with Crippen molar-refractivity contribution in [2.75, 3.05) is 39.4 Å². The summed E-state index contributed by atoms with van der Waals surface area (Å²) in [6.07, 6.45) is 3.12. The first-order valence-corrected chi connectivity index (χ1v) is 7.58. The number of fused-ring (bicyclic) bond motifs is 1. The lowest BCUT2D eigenvalue weighted by atomic mass is 10.1. The highest BCUT2D eigenvalue weighted by molar-refractivity contribution is 5.77. The number of piperazine rings is 1. The van der Waals surface area contributed by atoms with E-state index in [1.165, 1.54) is 19.4 Å². The van der Waals surface area contributed by atoms with Crippen LogP contribution < -0.4 is 5.32 Å². The number of morpholine rings is 1. The SMILES string of the molecule is CC1CN2CCCC2CN1C(=O)CC1COCCN1. The van der Waals surface area contributed by atoms with E-state index in [0.29, 0.717) is 31.0 Å². The molecule has 3 heterocycles. The van der Waals surface area contributed by atoms with Crippen LogP contribution in [0.3, 0.4) is 0 Å². The third-order valence-electron chi connectivity index (χ3n) is 4.68. The van der Waals surface area contributed by atoms with Gasteiger partial charge in [0, 0.05) is 44.2 Å². The van der Waals surface area contributed by atoms with Gasteiger partial charge in [-0.1, -0.05) is 0 Å². The van der Waals surface area contributed by atoms with Gasteiger partial charge in [0.2, 0.25) is 5.91 Å². The van der Waals surface area contributed by atoms with E-state index >= 15 is 0 Å². The van der Waals surface area contributed by atoms with E-state index in [0.717, 1.165) is 26.2 Å². The standard InChI is InChI=1S/C14H25N3O2/c1-11-8-16-5-2-3-13(16)9-17(11)14(18)7-12-10-19-6-4-15-12/h11-13,15H,2-10H2,1H3. The molecule has 0 aromatic rings. The quantitative estimate of drug-likeness (QED) is 0.768. The molecule has 108 valence electrons. The predicted molar refractivity (Wildman–Crippen MR) is 73.0 cm³/mol. The van der Waals surface area contributed by atoms with Crippen LogP contribution in [0.15, 0.2) is 0 Å². The van der Waals surface area contributed by atoms with Crippen molar-refractivity contribution in [1.82, 2.24) is 15.1 Å². The molecule has 5 nitrogen and oxygen atoms in total. The van der Waals surface area contributed by atoms with Gasteiger partial charge in [-0.15, -0.1) is 0 Å². The van der Waals surface area contributed by atoms with Crippen LogP contribution in [0.5, 0.6) is 0 Å². The summed E-state index contributed by atoms with van der Waals surface area (Å²) in [4.78, 5) is 17.1. The third-order valence-corrected chi connectivity index (χ3v) is 4.68. The summed E-state index contributed by atoms with van der Waals surface area (Å²) in [6, 6.07) is 1.16. The number of hydrogen-bond donors (Lipinski definition) is 1. The maximum atomic E-state index is 12.5. The van der Waals surface area contributed by atoms with Crippen molar-refractivity contribution < 1.29 is 9.53 Å². The zero-order chi connectivity index (χ0) is 13.2. The molecule has 0 aromatic carbocycles. The lowest BCUT2D eigenvalue weighted by Crippen LogP contribution is -2.57. The van der Waals surface area contributed by atoms with Crippen molar-refractivity contribution in [3.63, 3.8) is 0 Å². The molecule has 0 bridgehead atoms. The molecule has 3 atom stereocenters. The summed E-state index contributed by atoms with van der Waals surface area (Å²) >= 11 is 0. The minimum atomic E-state index is 0.204. The Labute approximate surface area is 115 Å². The normalized spacial score (nSPS) is 36.3. The molecule has 0 saturated carbocycles. The molecule has 3 unspecified atom stereocenters. The van der Waals surface area contributed by atoms with Gasteiger partial charge in [-0.25, -0.2) is 0 Å². The number of ether oxygens (including phenoxy) is 1. The molecule has 3 saturated heterocycles. The number of rotatable bonds is 2. The molecule has 0 radical (unpaired) electrons. The van der Waals surface area contributed by atoms with Crippen molar-refractivity contribution in [3.05, 3.63) is 0 Å². The summed E-state index contributed by atoms with van der Waals surface area (Å²) in [5.41, 5.74) is 0. The Bertz CT molecular complexity index is 331. The molecule has 19 heavy (non-hydrogen) atoms. The number of hydrogen-bond acceptors (Lipinski definition) is 4. The second kappa shape index (κ2) is 5.77. The maximum absolute atomic E-state index is 12.5. The Balaban J connectivity index is 1.56. The smallest absolute Gasteiger partial charge is 0.224 e. The molecular formula is C14H25N3O2. The minimum absolute atomic E-state index is 0.204. The van der Waals surface area contributed by atoms with Gasteiger partial charge in [0.15, 0.2) is 0 Å². The number of carbonyl (C=O) groups is 1. The zero-order valence-corrected chi connectivity index (χ0v) is 11.8. The summed E-state index contributed by atoms with van der Waals surface area (Å²) in [6.45, 7) is 7.67. The number of amides is 1. The molecule has 1 amide bonds. The molecule has 1 N–H and O–H groups in total. The Hall–Kier alpha value is -0.650. The van der Waals surface area contributed by atoms with E-state index in [2.05, 4.69) is 22.0 Å². The Morgan fingerprint density at radius 3 is 3.11 bits per heavy atom. The van der Waals surface area contributed by atoms with Gasteiger partial charge >= 0.3 is 0 Å². The van der Waals surface area contributed by atoms with Gasteiger partial charge in [0.1, 0.15) is 0 Å². The maximum Gasteiger partial charge on any atom is 0.224 e. The predicted octanol–water partition coefficient (Wildman–Crippen LogP) is 0.0600. The Morgan fingerprint density at radius 1 is 1.42 bits per heavy atom. The first-order chi connectivity index (χ1) is 9.24. The Morgan fingerprint density at radius 2 is 2.32 bits per heavy atom. The van der Waals surface area contributed by atoms with Gasteiger partial charge < -0.3 is 15.0 Å². The van der Waals surface area contributed by atoms with Gasteiger partial charge in [-0.3, -0.25) is 9.69 Å². The van der Waals surface area contributed by atoms with Crippen molar-refractivity contribution in [1.29, 1.82) is 0 Å². The molecule has 0 aromatic heterocycles. The molecule has 3 fully saturated rings. The first-order valence-electron chi connectivity index (χ1n) is 7.58. The minimum Gasteiger partial charge on any atom is -0.378 e. The highest BCUT2D eigenvalue weighted by atomic mass is 16.5. The van der Waals surface area contributed by atoms with Crippen LogP contribution in [-0.2, 0) is 9.53 Å². The number of nitrogens with zero attached hydrogens (tertiary/aromatic N) is 2. The van der Waals surface area contributed by atoms with E-state index in [1.807, 2.05) is 0 Å². The molecule has 3 aliphatic rings. The van der Waals surface area contributed by atoms with E-state index in [4.69, 9.17) is 4.74 Å². The van der Waals surface area contributed by atoms with Gasteiger partial charge in [0.05, 0.1) is 13.2 Å². The molecule has 0 aliphatic carbocycles. The monoisotopic (exact) mass is 267 g/mol. The average molecular weight is 267 g/mol. The van der Waals surface area contributed by atoms with E-state index in [-0.39, 0.29) is 6.04 Å². The highest BCUT2D eigenvalue weighted by Crippen LogP contribution is 2.25. The summed E-state index contributed by atoms with van der Waals surface area (Å²) in [5.74, 6) is 0.294. The van der Waals surface area contributed by atoms with Crippen LogP contribution in [0, 0.1) is 0 Å². The van der Waals surface area contributed by atoms with E-state index < -0.39 is 0 Å². The molecule has 3 rings (SSSR count). The van der Waals surface area contributed by atoms with Crippen molar-refractivity contribution in [3.8, 4) is 0 Å². The molecule has 5 heteroatoms. The number of carbonyl (C=O) groups excluding carboxylic acids is 1. The Kier molecular flexibility index (Phi) is 4.05. The topological polar surface area (TPSA) is 44.8 Å². The van der Waals surface area contributed by atoms with Crippen molar-refractivity contribution >= 4 is 5.91 Å². The van der Waals surface area contributed by atoms with Gasteiger partial charge in [0.25, 0.3) is 0 Å². The van der Waals surface area contributed by atoms with Crippen LogP contribution in [0.2, 0.25) is 0 Å². The fraction of sp³-hybridized carbons (Fsp3) is 0.929. The lowest BCUT2D eigenvalue weighted by Gasteiger charge is -2.43. The van der Waals surface area contributed by atoms with Crippen LogP contribution in [0.4, 0.5) is 0 Å². The van der Waals surface area contributed by atoms with Crippen molar-refractivity contribution in [2.24, 2.45) is 0 Å². The van der Waals surface area contributed by atoms with Crippen LogP contribution in [-0.4, -0.2) is 73.2 Å². The summed E-state index contributed by atoms with van der Waals surface area (Å²) in [7, 11) is 0. The summed E-state index contributed by atoms with van der Waals surface area (Å²) in [5, 5.41) is 3.37. The van der Waals surface area contributed by atoms with E-state index in [9.17, 15) is 4.79 Å². The molecule has 0 spiro atoms. The van der Waals surface area contributed by atoms with Gasteiger partial charge in [-0.2, -0.15) is 0 Å². The van der Waals surface area contributed by atoms with Crippen molar-refractivity contribution in [2.45, 2.75) is 44.3 Å². The third kappa shape index (κ3) is 2.93. The largest absolute Gasteiger partial charge is 0.378 e. The fourth-order valence-electron chi connectivity index (χ4n) is 3.61. The highest BCUT2D eigenvalue weighted by Gasteiger charge is 2.36.